The van der Waals surface area contributed by atoms with E-state index in [1.165, 1.54) is 6.07 Å². The monoisotopic (exact) mass is 475 g/mol. The molecule has 1 N–H and O–H groups in total. The van der Waals surface area contributed by atoms with Crippen LogP contribution in [0.3, 0.4) is 0 Å². The number of hydrogen-bond donors (Lipinski definition) is 1. The third-order valence-corrected chi connectivity index (χ3v) is 6.39. The molecular formula is C28H26FNO5. The second-order valence-electron chi connectivity index (χ2n) is 8.51. The largest absolute Gasteiger partial charge is 0.508 e. The van der Waals surface area contributed by atoms with E-state index in [0.717, 1.165) is 24.0 Å². The van der Waals surface area contributed by atoms with E-state index in [-0.39, 0.29) is 23.5 Å². The third kappa shape index (κ3) is 4.72. The molecule has 0 aliphatic carbocycles. The van der Waals surface area contributed by atoms with Gasteiger partial charge >= 0.3 is 0 Å². The highest BCUT2D eigenvalue weighted by Crippen LogP contribution is 2.39. The molecule has 6 nitrogen and oxygen atoms in total. The molecule has 2 atom stereocenters. The predicted molar refractivity (Wildman–Crippen MR) is 130 cm³/mol. The average molecular weight is 476 g/mol. The number of pyridine rings is 1. The summed E-state index contributed by atoms with van der Waals surface area (Å²) in [6.45, 7) is 0.502. The zero-order valence-corrected chi connectivity index (χ0v) is 19.5. The summed E-state index contributed by atoms with van der Waals surface area (Å²) in [5, 5.41) is 10.2. The van der Waals surface area contributed by atoms with Crippen molar-refractivity contribution in [1.29, 1.82) is 0 Å². The first-order chi connectivity index (χ1) is 17.1. The number of nitrogens with zero attached hydrogens (tertiary/aromatic N) is 1. The van der Waals surface area contributed by atoms with Crippen LogP contribution in [0, 0.1) is 5.82 Å². The van der Waals surface area contributed by atoms with E-state index in [2.05, 4.69) is 4.98 Å². The number of halogens is 1. The molecule has 1 aliphatic rings. The quantitative estimate of drug-likeness (QED) is 0.342. The SMILES string of the molecule is COc1cc2nccc(Oc3ccc(C4CCC(c5ccc(O)cc5)OC4)cc3F)c2cc1OC. The zero-order chi connectivity index (χ0) is 24.4. The second-order valence-corrected chi connectivity index (χ2v) is 8.51. The molecule has 0 spiro atoms. The van der Waals surface area contributed by atoms with Crippen molar-refractivity contribution in [3.63, 3.8) is 0 Å². The molecule has 2 heterocycles. The fourth-order valence-electron chi connectivity index (χ4n) is 4.48. The van der Waals surface area contributed by atoms with Crippen LogP contribution in [-0.4, -0.2) is 30.9 Å². The molecule has 2 unspecified atom stereocenters. The van der Waals surface area contributed by atoms with E-state index in [1.54, 1.807) is 56.8 Å². The van der Waals surface area contributed by atoms with Crippen LogP contribution < -0.4 is 14.2 Å². The summed E-state index contributed by atoms with van der Waals surface area (Å²) in [4.78, 5) is 4.36. The molecule has 1 saturated heterocycles. The Morgan fingerprint density at radius 3 is 2.29 bits per heavy atom. The fourth-order valence-corrected chi connectivity index (χ4v) is 4.48. The van der Waals surface area contributed by atoms with Crippen LogP contribution in [0.25, 0.3) is 10.9 Å². The van der Waals surface area contributed by atoms with E-state index in [9.17, 15) is 5.11 Å². The van der Waals surface area contributed by atoms with Crippen molar-refractivity contribution in [2.75, 3.05) is 20.8 Å². The number of phenolic OH excluding ortho intramolecular Hbond substituents is 1. The lowest BCUT2D eigenvalue weighted by Gasteiger charge is -2.29. The van der Waals surface area contributed by atoms with Crippen molar-refractivity contribution >= 4 is 10.9 Å². The van der Waals surface area contributed by atoms with E-state index < -0.39 is 5.82 Å². The Bertz CT molecular complexity index is 1330. The van der Waals surface area contributed by atoms with Crippen LogP contribution in [0.5, 0.6) is 28.7 Å². The first-order valence-electron chi connectivity index (χ1n) is 11.4. The maximum atomic E-state index is 15.1. The van der Waals surface area contributed by atoms with Crippen LogP contribution in [-0.2, 0) is 4.74 Å². The molecule has 0 amide bonds. The first kappa shape index (κ1) is 22.9. The Kier molecular flexibility index (Phi) is 6.42. The lowest BCUT2D eigenvalue weighted by molar-refractivity contribution is 0.00230. The predicted octanol–water partition coefficient (Wildman–Crippen LogP) is 6.52. The first-order valence-corrected chi connectivity index (χ1v) is 11.4. The number of rotatable bonds is 6. The minimum absolute atomic E-state index is 0.0186. The highest BCUT2D eigenvalue weighted by atomic mass is 19.1. The number of hydrogen-bond acceptors (Lipinski definition) is 6. The average Bonchev–Trinajstić information content (AvgIpc) is 2.89. The number of fused-ring (bicyclic) bond motifs is 1. The normalized spacial score (nSPS) is 17.8. The molecule has 4 aromatic rings. The van der Waals surface area contributed by atoms with Crippen molar-refractivity contribution in [2.24, 2.45) is 0 Å². The number of benzene rings is 3. The van der Waals surface area contributed by atoms with Crippen LogP contribution >= 0.6 is 0 Å². The zero-order valence-electron chi connectivity index (χ0n) is 19.5. The van der Waals surface area contributed by atoms with Crippen molar-refractivity contribution < 1.29 is 28.4 Å². The Morgan fingerprint density at radius 2 is 1.60 bits per heavy atom. The van der Waals surface area contributed by atoms with Crippen molar-refractivity contribution in [3.8, 4) is 28.7 Å². The van der Waals surface area contributed by atoms with E-state index in [1.807, 2.05) is 18.2 Å². The van der Waals surface area contributed by atoms with Gasteiger partial charge in [0.25, 0.3) is 0 Å². The minimum Gasteiger partial charge on any atom is -0.508 e. The summed E-state index contributed by atoms with van der Waals surface area (Å²) >= 11 is 0. The molecule has 1 fully saturated rings. The van der Waals surface area contributed by atoms with Gasteiger partial charge in [-0.25, -0.2) is 4.39 Å². The van der Waals surface area contributed by atoms with Gasteiger partial charge in [-0.3, -0.25) is 4.98 Å². The van der Waals surface area contributed by atoms with Gasteiger partial charge in [0, 0.05) is 23.6 Å². The van der Waals surface area contributed by atoms with Gasteiger partial charge in [0.15, 0.2) is 23.1 Å². The Balaban J connectivity index is 1.32. The molecular weight excluding hydrogens is 449 g/mol. The third-order valence-electron chi connectivity index (χ3n) is 6.39. The number of phenols is 1. The smallest absolute Gasteiger partial charge is 0.166 e. The van der Waals surface area contributed by atoms with Crippen LogP contribution in [0.15, 0.2) is 66.9 Å². The molecule has 0 saturated carbocycles. The highest BCUT2D eigenvalue weighted by molar-refractivity contribution is 5.88. The van der Waals surface area contributed by atoms with Gasteiger partial charge < -0.3 is 24.1 Å². The summed E-state index contributed by atoms with van der Waals surface area (Å²) < 4.78 is 37.8. The molecule has 1 aliphatic heterocycles. The van der Waals surface area contributed by atoms with E-state index >= 15 is 4.39 Å². The van der Waals surface area contributed by atoms with Crippen molar-refractivity contribution in [1.82, 2.24) is 4.98 Å². The van der Waals surface area contributed by atoms with Gasteiger partial charge in [-0.05, 0) is 60.4 Å². The lowest BCUT2D eigenvalue weighted by Crippen LogP contribution is -2.19. The molecule has 1 aromatic heterocycles. The Labute approximate surface area is 202 Å². The number of aromatic hydroxyl groups is 1. The van der Waals surface area contributed by atoms with Crippen LogP contribution in [0.1, 0.15) is 36.0 Å². The molecule has 3 aromatic carbocycles. The van der Waals surface area contributed by atoms with Crippen LogP contribution in [0.2, 0.25) is 0 Å². The molecule has 5 rings (SSSR count). The number of methoxy groups -OCH3 is 2. The van der Waals surface area contributed by atoms with E-state index in [4.69, 9.17) is 18.9 Å². The maximum Gasteiger partial charge on any atom is 0.166 e. The van der Waals surface area contributed by atoms with Gasteiger partial charge in [-0.1, -0.05) is 18.2 Å². The number of ether oxygens (including phenoxy) is 4. The van der Waals surface area contributed by atoms with E-state index in [0.29, 0.717) is 34.8 Å². The molecule has 0 radical (unpaired) electrons. The van der Waals surface area contributed by atoms with Gasteiger partial charge in [0.1, 0.15) is 11.5 Å². The fraction of sp³-hybridized carbons (Fsp3) is 0.250. The van der Waals surface area contributed by atoms with Crippen molar-refractivity contribution in [3.05, 3.63) is 83.8 Å². The van der Waals surface area contributed by atoms with Gasteiger partial charge in [0.2, 0.25) is 0 Å². The molecule has 7 heteroatoms. The highest BCUT2D eigenvalue weighted by Gasteiger charge is 2.25. The van der Waals surface area contributed by atoms with Gasteiger partial charge in [-0.15, -0.1) is 0 Å². The summed E-state index contributed by atoms with van der Waals surface area (Å²) in [5.41, 5.74) is 2.57. The van der Waals surface area contributed by atoms with Crippen LogP contribution in [0.4, 0.5) is 4.39 Å². The summed E-state index contributed by atoms with van der Waals surface area (Å²) in [5.74, 6) is 1.60. The van der Waals surface area contributed by atoms with Crippen molar-refractivity contribution in [2.45, 2.75) is 24.9 Å². The molecule has 180 valence electrons. The standard InChI is InChI=1S/C28H26FNO5/c1-32-27-14-21-23(15-28(27)33-2)30-12-11-25(21)35-26-10-5-18(13-22(26)29)19-6-9-24(34-16-19)17-3-7-20(31)8-4-17/h3-5,7-8,10-15,19,24,31H,6,9,16H2,1-2H3. The molecule has 0 bridgehead atoms. The second kappa shape index (κ2) is 9.80. The van der Waals surface area contributed by atoms with Gasteiger partial charge in [-0.2, -0.15) is 0 Å². The lowest BCUT2D eigenvalue weighted by atomic mass is 9.89. The number of aromatic nitrogens is 1. The maximum absolute atomic E-state index is 15.1. The topological polar surface area (TPSA) is 70.0 Å². The summed E-state index contributed by atoms with van der Waals surface area (Å²) in [6.07, 6.45) is 3.29. The summed E-state index contributed by atoms with van der Waals surface area (Å²) in [7, 11) is 3.12. The van der Waals surface area contributed by atoms with Gasteiger partial charge in [0.05, 0.1) is 32.4 Å². The Hall–Kier alpha value is -3.84. The molecule has 35 heavy (non-hydrogen) atoms. The summed E-state index contributed by atoms with van der Waals surface area (Å²) in [6, 6.07) is 17.4. The minimum atomic E-state index is -0.436. The Morgan fingerprint density at radius 1 is 0.857 bits per heavy atom.